The van der Waals surface area contributed by atoms with Gasteiger partial charge in [-0.1, -0.05) is 80.8 Å². The van der Waals surface area contributed by atoms with Crippen LogP contribution in [0.4, 0.5) is 0 Å². The lowest BCUT2D eigenvalue weighted by Crippen LogP contribution is -2.26. The van der Waals surface area contributed by atoms with Crippen LogP contribution in [0.2, 0.25) is 0 Å². The number of fused-ring (bicyclic) bond motifs is 1. The van der Waals surface area contributed by atoms with Gasteiger partial charge in [-0.25, -0.2) is 0 Å². The van der Waals surface area contributed by atoms with Crippen LogP contribution in [0, 0.1) is 17.8 Å². The van der Waals surface area contributed by atoms with Crippen LogP contribution in [-0.4, -0.2) is 0 Å². The molecule has 0 saturated heterocycles. The average Bonchev–Trinajstić information content (AvgIpc) is 2.80. The molecule has 1 unspecified atom stereocenters. The molecule has 0 aromatic heterocycles. The molecular formula is C30H40. The smallest absolute Gasteiger partial charge is 0.0181 e. The lowest BCUT2D eigenvalue weighted by atomic mass is 9.69. The van der Waals surface area contributed by atoms with Gasteiger partial charge in [0.05, 0.1) is 0 Å². The van der Waals surface area contributed by atoms with Gasteiger partial charge in [-0.05, 0) is 104 Å². The minimum Gasteiger partial charge on any atom is -0.0917 e. The van der Waals surface area contributed by atoms with Crippen molar-refractivity contribution in [3.63, 3.8) is 0 Å². The van der Waals surface area contributed by atoms with Gasteiger partial charge in [-0.3, -0.25) is 0 Å². The first-order valence-electron chi connectivity index (χ1n) is 12.6. The number of hydrogen-bond donors (Lipinski definition) is 0. The molecule has 0 N–H and O–H groups in total. The fourth-order valence-corrected chi connectivity index (χ4v) is 5.96. The van der Waals surface area contributed by atoms with E-state index in [4.69, 9.17) is 0 Å². The van der Waals surface area contributed by atoms with Crippen LogP contribution in [0.3, 0.4) is 0 Å². The van der Waals surface area contributed by atoms with E-state index in [0.29, 0.717) is 0 Å². The van der Waals surface area contributed by atoms with Gasteiger partial charge in [-0.15, -0.1) is 0 Å². The summed E-state index contributed by atoms with van der Waals surface area (Å²) in [6.07, 6.45) is 19.5. The second kappa shape index (κ2) is 10.5. The summed E-state index contributed by atoms with van der Waals surface area (Å²) < 4.78 is 0. The molecule has 4 rings (SSSR count). The number of allylic oxidation sites excluding steroid dienone is 2. The van der Waals surface area contributed by atoms with Gasteiger partial charge >= 0.3 is 0 Å². The van der Waals surface area contributed by atoms with Crippen LogP contribution in [-0.2, 0) is 19.3 Å². The van der Waals surface area contributed by atoms with E-state index in [1.54, 1.807) is 11.1 Å². The van der Waals surface area contributed by atoms with Crippen LogP contribution < -0.4 is 0 Å². The van der Waals surface area contributed by atoms with E-state index in [1.165, 1.54) is 87.3 Å². The Labute approximate surface area is 184 Å². The summed E-state index contributed by atoms with van der Waals surface area (Å²) in [5.74, 6) is 2.88. The maximum absolute atomic E-state index is 2.48. The van der Waals surface area contributed by atoms with Crippen molar-refractivity contribution < 1.29 is 0 Å². The zero-order valence-corrected chi connectivity index (χ0v) is 19.2. The molecule has 0 spiro atoms. The number of hydrogen-bond acceptors (Lipinski definition) is 0. The summed E-state index contributed by atoms with van der Waals surface area (Å²) in [7, 11) is 0. The molecule has 2 aliphatic carbocycles. The lowest BCUT2D eigenvalue weighted by Gasteiger charge is -2.36. The Morgan fingerprint density at radius 3 is 2.33 bits per heavy atom. The zero-order chi connectivity index (χ0) is 20.8. The Bertz CT molecular complexity index is 818. The number of aryl methyl sites for hydroxylation is 2. The normalized spacial score (nSPS) is 24.1. The second-order valence-electron chi connectivity index (χ2n) is 9.86. The van der Waals surface area contributed by atoms with E-state index in [2.05, 4.69) is 68.5 Å². The summed E-state index contributed by atoms with van der Waals surface area (Å²) in [6.45, 7) is 4.39. The second-order valence-corrected chi connectivity index (χ2v) is 9.86. The van der Waals surface area contributed by atoms with Crippen molar-refractivity contribution in [3.8, 4) is 11.1 Å². The van der Waals surface area contributed by atoms with E-state index in [0.717, 1.165) is 17.8 Å². The van der Waals surface area contributed by atoms with E-state index in [9.17, 15) is 0 Å². The van der Waals surface area contributed by atoms with Crippen molar-refractivity contribution in [2.24, 2.45) is 17.8 Å². The minimum atomic E-state index is 0.924. The summed E-state index contributed by atoms with van der Waals surface area (Å²) in [5, 5.41) is 0. The molecule has 0 heteroatoms. The summed E-state index contributed by atoms with van der Waals surface area (Å²) in [4.78, 5) is 0. The maximum Gasteiger partial charge on any atom is -0.0181 e. The fraction of sp³-hybridized carbons (Fsp3) is 0.533. The average molecular weight is 401 g/mol. The SMILES string of the molecule is C/C=C/CCC1CCC(C2CCc3cc(-c4ccc(CCC)cc4)ccc3C2)CC1. The Morgan fingerprint density at radius 1 is 0.833 bits per heavy atom. The Balaban J connectivity index is 1.35. The van der Waals surface area contributed by atoms with E-state index in [-0.39, 0.29) is 0 Å². The maximum atomic E-state index is 2.48. The van der Waals surface area contributed by atoms with Crippen LogP contribution in [0.25, 0.3) is 11.1 Å². The first kappa shape index (κ1) is 21.4. The summed E-state index contributed by atoms with van der Waals surface area (Å²) >= 11 is 0. The van der Waals surface area contributed by atoms with Gasteiger partial charge in [-0.2, -0.15) is 0 Å². The largest absolute Gasteiger partial charge is 0.0917 e. The van der Waals surface area contributed by atoms with Gasteiger partial charge < -0.3 is 0 Å². The number of benzene rings is 2. The molecule has 0 bridgehead atoms. The van der Waals surface area contributed by atoms with Crippen molar-refractivity contribution in [2.45, 2.75) is 84.5 Å². The molecule has 0 heterocycles. The monoisotopic (exact) mass is 400 g/mol. The molecule has 2 aliphatic rings. The van der Waals surface area contributed by atoms with Crippen LogP contribution >= 0.6 is 0 Å². The van der Waals surface area contributed by atoms with Crippen LogP contribution in [0.5, 0.6) is 0 Å². The Kier molecular flexibility index (Phi) is 7.47. The van der Waals surface area contributed by atoms with Crippen molar-refractivity contribution in [2.75, 3.05) is 0 Å². The highest BCUT2D eigenvalue weighted by Crippen LogP contribution is 2.41. The quantitative estimate of drug-likeness (QED) is 0.408. The fourth-order valence-electron chi connectivity index (χ4n) is 5.96. The van der Waals surface area contributed by atoms with Gasteiger partial charge in [0.1, 0.15) is 0 Å². The predicted molar refractivity (Wildman–Crippen MR) is 131 cm³/mol. The Morgan fingerprint density at radius 2 is 1.60 bits per heavy atom. The molecular weight excluding hydrogens is 360 g/mol. The molecule has 1 atom stereocenters. The van der Waals surface area contributed by atoms with Crippen LogP contribution in [0.15, 0.2) is 54.6 Å². The highest BCUT2D eigenvalue weighted by molar-refractivity contribution is 5.65. The van der Waals surface area contributed by atoms with Crippen molar-refractivity contribution in [3.05, 3.63) is 71.3 Å². The molecule has 0 amide bonds. The minimum absolute atomic E-state index is 0.924. The molecule has 1 saturated carbocycles. The highest BCUT2D eigenvalue weighted by atomic mass is 14.3. The summed E-state index contributed by atoms with van der Waals surface area (Å²) in [5.41, 5.74) is 7.47. The van der Waals surface area contributed by atoms with E-state index < -0.39 is 0 Å². The van der Waals surface area contributed by atoms with Crippen molar-refractivity contribution >= 4 is 0 Å². The standard InChI is InChI=1S/C30H40/c1-3-5-6-8-24-11-15-26(16-12-24)28-18-20-29-21-27(17-19-30(29)22-28)25-13-9-23(7-4-2)10-14-25/h3,5,9-10,13-14,17,19,21,24,26,28H,4,6-8,11-12,15-16,18,20,22H2,1-2H3/b5-3+. The first-order valence-corrected chi connectivity index (χ1v) is 12.6. The lowest BCUT2D eigenvalue weighted by molar-refractivity contribution is 0.185. The van der Waals surface area contributed by atoms with E-state index >= 15 is 0 Å². The third kappa shape index (κ3) is 5.26. The van der Waals surface area contributed by atoms with Gasteiger partial charge in [0.15, 0.2) is 0 Å². The highest BCUT2D eigenvalue weighted by Gasteiger charge is 2.30. The Hall–Kier alpha value is -1.82. The van der Waals surface area contributed by atoms with Crippen molar-refractivity contribution in [1.29, 1.82) is 0 Å². The first-order chi connectivity index (χ1) is 14.8. The zero-order valence-electron chi connectivity index (χ0n) is 19.2. The predicted octanol–water partition coefficient (Wildman–Crippen LogP) is 8.57. The van der Waals surface area contributed by atoms with Gasteiger partial charge in [0.25, 0.3) is 0 Å². The third-order valence-corrected chi connectivity index (χ3v) is 7.83. The molecule has 2 aromatic carbocycles. The van der Waals surface area contributed by atoms with Crippen LogP contribution in [0.1, 0.15) is 81.9 Å². The molecule has 1 fully saturated rings. The summed E-state index contributed by atoms with van der Waals surface area (Å²) in [6, 6.07) is 16.5. The van der Waals surface area contributed by atoms with E-state index in [1.807, 2.05) is 0 Å². The van der Waals surface area contributed by atoms with Crippen molar-refractivity contribution in [1.82, 2.24) is 0 Å². The van der Waals surface area contributed by atoms with Gasteiger partial charge in [0, 0.05) is 0 Å². The third-order valence-electron chi connectivity index (χ3n) is 7.83. The number of rotatable bonds is 7. The molecule has 0 radical (unpaired) electrons. The molecule has 0 aliphatic heterocycles. The molecule has 0 nitrogen and oxygen atoms in total. The topological polar surface area (TPSA) is 0 Å². The molecule has 160 valence electrons. The molecule has 2 aromatic rings. The molecule has 30 heavy (non-hydrogen) atoms. The van der Waals surface area contributed by atoms with Gasteiger partial charge in [0.2, 0.25) is 0 Å².